The first-order valence-corrected chi connectivity index (χ1v) is 7.76. The van der Waals surface area contributed by atoms with Gasteiger partial charge in [-0.2, -0.15) is 5.26 Å². The van der Waals surface area contributed by atoms with Crippen LogP contribution in [0.2, 0.25) is 0 Å². The number of aromatic hydroxyl groups is 1. The maximum absolute atomic E-state index is 12.2. The van der Waals surface area contributed by atoms with E-state index in [1.807, 2.05) is 30.3 Å². The van der Waals surface area contributed by atoms with Crippen LogP contribution >= 0.6 is 0 Å². The number of rotatable bonds is 6. The highest BCUT2D eigenvalue weighted by molar-refractivity contribution is 6.06. The largest absolute Gasteiger partial charge is 0.508 e. The van der Waals surface area contributed by atoms with Crippen molar-refractivity contribution >= 4 is 11.6 Å². The highest BCUT2D eigenvalue weighted by atomic mass is 16.3. The predicted octanol–water partition coefficient (Wildman–Crippen LogP) is 2.30. The Labute approximate surface area is 146 Å². The molecule has 1 amide bonds. The number of phenolic OH excluding ortho intramolecular Hbond substituents is 1. The number of nitrogens with two attached hydrogens (primary N) is 1. The lowest BCUT2D eigenvalue weighted by Gasteiger charge is -2.08. The smallest absolute Gasteiger partial charge is 0.267 e. The topological polar surface area (TPSA) is 111 Å². The Morgan fingerprint density at radius 2 is 2.04 bits per heavy atom. The van der Waals surface area contributed by atoms with E-state index in [0.29, 0.717) is 24.3 Å². The van der Waals surface area contributed by atoms with Crippen molar-refractivity contribution < 1.29 is 9.90 Å². The molecular weight excluding hydrogens is 316 g/mol. The second-order valence-corrected chi connectivity index (χ2v) is 5.53. The van der Waals surface area contributed by atoms with Crippen LogP contribution in [0.4, 0.5) is 5.69 Å². The summed E-state index contributed by atoms with van der Waals surface area (Å²) in [6, 6.07) is 14.2. The Balaban J connectivity index is 2.01. The van der Waals surface area contributed by atoms with Crippen molar-refractivity contribution in [2.75, 3.05) is 5.32 Å². The van der Waals surface area contributed by atoms with Crippen LogP contribution in [0.5, 0.6) is 5.75 Å². The van der Waals surface area contributed by atoms with E-state index in [9.17, 15) is 15.2 Å². The highest BCUT2D eigenvalue weighted by Crippen LogP contribution is 2.20. The third kappa shape index (κ3) is 5.09. The van der Waals surface area contributed by atoms with Gasteiger partial charge in [-0.3, -0.25) is 4.79 Å². The van der Waals surface area contributed by atoms with E-state index in [1.54, 1.807) is 13.0 Å². The molecule has 25 heavy (non-hydrogen) atoms. The quantitative estimate of drug-likeness (QED) is 0.367. The third-order valence-electron chi connectivity index (χ3n) is 3.60. The molecule has 0 atom stereocenters. The molecule has 6 nitrogen and oxygen atoms in total. The number of phenols is 1. The van der Waals surface area contributed by atoms with Crippen LogP contribution in [0, 0.1) is 18.3 Å². The molecule has 6 heteroatoms. The summed E-state index contributed by atoms with van der Waals surface area (Å²) in [7, 11) is 0. The number of nitrogens with one attached hydrogen (secondary N) is 2. The number of aryl methyl sites for hydroxylation is 1. The maximum atomic E-state index is 12.2. The van der Waals surface area contributed by atoms with Crippen molar-refractivity contribution in [3.8, 4) is 11.8 Å². The molecule has 0 aliphatic rings. The van der Waals surface area contributed by atoms with Crippen molar-refractivity contribution in [1.82, 2.24) is 5.32 Å². The molecule has 0 fully saturated rings. The number of amides is 1. The molecule has 2 rings (SSSR count). The van der Waals surface area contributed by atoms with Crippen molar-refractivity contribution in [2.45, 2.75) is 20.0 Å². The van der Waals surface area contributed by atoms with Crippen LogP contribution < -0.4 is 16.4 Å². The van der Waals surface area contributed by atoms with Crippen LogP contribution in [-0.2, 0) is 17.9 Å². The number of carbonyl (C=O) groups is 1. The SMILES string of the molecule is Cc1cc(O)ccc1NC(=O)/C(C#N)=C\NCc1cccc(CN)c1. The zero-order valence-electron chi connectivity index (χ0n) is 13.9. The summed E-state index contributed by atoms with van der Waals surface area (Å²) in [5.74, 6) is -0.396. The Morgan fingerprint density at radius 1 is 1.28 bits per heavy atom. The molecule has 0 aliphatic heterocycles. The molecule has 2 aromatic rings. The number of hydrogen-bond acceptors (Lipinski definition) is 5. The molecule has 0 bridgehead atoms. The van der Waals surface area contributed by atoms with Gasteiger partial charge < -0.3 is 21.5 Å². The van der Waals surface area contributed by atoms with Gasteiger partial charge in [-0.05, 0) is 41.8 Å². The summed E-state index contributed by atoms with van der Waals surface area (Å²) < 4.78 is 0. The van der Waals surface area contributed by atoms with Crippen molar-refractivity contribution in [2.24, 2.45) is 5.73 Å². The van der Waals surface area contributed by atoms with Crippen LogP contribution in [0.15, 0.2) is 54.2 Å². The van der Waals surface area contributed by atoms with Gasteiger partial charge in [-0.1, -0.05) is 24.3 Å². The average molecular weight is 336 g/mol. The van der Waals surface area contributed by atoms with Gasteiger partial charge in [0, 0.05) is 25.0 Å². The van der Waals surface area contributed by atoms with Gasteiger partial charge >= 0.3 is 0 Å². The summed E-state index contributed by atoms with van der Waals surface area (Å²) in [5.41, 5.74) is 8.84. The first-order valence-electron chi connectivity index (χ1n) is 7.76. The zero-order chi connectivity index (χ0) is 18.2. The van der Waals surface area contributed by atoms with Gasteiger partial charge in [-0.25, -0.2) is 0 Å². The molecule has 2 aromatic carbocycles. The molecule has 0 saturated heterocycles. The van der Waals surface area contributed by atoms with E-state index in [0.717, 1.165) is 11.1 Å². The van der Waals surface area contributed by atoms with Crippen molar-refractivity contribution in [3.05, 3.63) is 70.9 Å². The lowest BCUT2D eigenvalue weighted by molar-refractivity contribution is -0.112. The van der Waals surface area contributed by atoms with E-state index >= 15 is 0 Å². The number of anilines is 1. The Kier molecular flexibility index (Phi) is 6.15. The van der Waals surface area contributed by atoms with Crippen molar-refractivity contribution in [1.29, 1.82) is 5.26 Å². The predicted molar refractivity (Wildman–Crippen MR) is 96.3 cm³/mol. The molecule has 0 aliphatic carbocycles. The number of hydrogen-bond donors (Lipinski definition) is 4. The summed E-state index contributed by atoms with van der Waals surface area (Å²) in [4.78, 5) is 12.2. The Hall–Kier alpha value is -3.30. The number of carbonyl (C=O) groups excluding carboxylic acids is 1. The molecule has 128 valence electrons. The summed E-state index contributed by atoms with van der Waals surface area (Å²) in [6.45, 7) is 2.69. The lowest BCUT2D eigenvalue weighted by Crippen LogP contribution is -2.17. The Bertz CT molecular complexity index is 838. The molecule has 5 N–H and O–H groups in total. The van der Waals surface area contributed by atoms with Gasteiger partial charge in [0.1, 0.15) is 17.4 Å². The molecule has 0 heterocycles. The standard InChI is InChI=1S/C19H20N4O2/c1-13-7-17(24)5-6-18(13)23-19(25)16(10-21)12-22-11-15-4-2-3-14(8-15)9-20/h2-8,12,22,24H,9,11,20H2,1H3,(H,23,25)/b16-12-. The molecule has 0 spiro atoms. The normalized spacial score (nSPS) is 10.8. The van der Waals surface area contributed by atoms with Gasteiger partial charge in [-0.15, -0.1) is 0 Å². The van der Waals surface area contributed by atoms with E-state index < -0.39 is 5.91 Å². The monoisotopic (exact) mass is 336 g/mol. The number of benzene rings is 2. The van der Waals surface area contributed by atoms with E-state index in [1.165, 1.54) is 18.3 Å². The fraction of sp³-hybridized carbons (Fsp3) is 0.158. The van der Waals surface area contributed by atoms with E-state index in [2.05, 4.69) is 10.6 Å². The number of nitriles is 1. The van der Waals surface area contributed by atoms with Gasteiger partial charge in [0.2, 0.25) is 0 Å². The van der Waals surface area contributed by atoms with Crippen molar-refractivity contribution in [3.63, 3.8) is 0 Å². The highest BCUT2D eigenvalue weighted by Gasteiger charge is 2.10. The second kappa shape index (κ2) is 8.52. The van der Waals surface area contributed by atoms with Gasteiger partial charge in [0.25, 0.3) is 5.91 Å². The minimum Gasteiger partial charge on any atom is -0.508 e. The molecule has 0 radical (unpaired) electrons. The fourth-order valence-corrected chi connectivity index (χ4v) is 2.26. The summed E-state index contributed by atoms with van der Waals surface area (Å²) in [5, 5.41) is 24.2. The minimum atomic E-state index is -0.514. The third-order valence-corrected chi connectivity index (χ3v) is 3.60. The molecule has 0 aromatic heterocycles. The van der Waals surface area contributed by atoms with E-state index in [4.69, 9.17) is 5.73 Å². The summed E-state index contributed by atoms with van der Waals surface area (Å²) in [6.07, 6.45) is 1.39. The molecular formula is C19H20N4O2. The van der Waals surface area contributed by atoms with Crippen LogP contribution in [-0.4, -0.2) is 11.0 Å². The average Bonchev–Trinajstić information content (AvgIpc) is 2.61. The van der Waals surface area contributed by atoms with Crippen LogP contribution in [0.1, 0.15) is 16.7 Å². The second-order valence-electron chi connectivity index (χ2n) is 5.53. The first kappa shape index (κ1) is 18.0. The lowest BCUT2D eigenvalue weighted by atomic mass is 10.1. The zero-order valence-corrected chi connectivity index (χ0v) is 13.9. The van der Waals surface area contributed by atoms with Crippen LogP contribution in [0.3, 0.4) is 0 Å². The fourth-order valence-electron chi connectivity index (χ4n) is 2.26. The molecule has 0 saturated carbocycles. The van der Waals surface area contributed by atoms with Gasteiger partial charge in [0.05, 0.1) is 0 Å². The van der Waals surface area contributed by atoms with Gasteiger partial charge in [0.15, 0.2) is 0 Å². The first-order chi connectivity index (χ1) is 12.0. The van der Waals surface area contributed by atoms with Crippen LogP contribution in [0.25, 0.3) is 0 Å². The molecule has 0 unspecified atom stereocenters. The summed E-state index contributed by atoms with van der Waals surface area (Å²) >= 11 is 0. The Morgan fingerprint density at radius 3 is 2.72 bits per heavy atom. The van der Waals surface area contributed by atoms with E-state index in [-0.39, 0.29) is 11.3 Å². The minimum absolute atomic E-state index is 0.0394. The number of nitrogens with zero attached hydrogens (tertiary/aromatic N) is 1. The maximum Gasteiger partial charge on any atom is 0.267 e.